The number of nitrogens with zero attached hydrogens (tertiary/aromatic N) is 1. The molecule has 1 N–H and O–H groups in total. The minimum atomic E-state index is 0.303. The van der Waals surface area contributed by atoms with Crippen LogP contribution in [0.1, 0.15) is 50.7 Å². The summed E-state index contributed by atoms with van der Waals surface area (Å²) in [4.78, 5) is 2.29. The van der Waals surface area contributed by atoms with Gasteiger partial charge in [-0.15, -0.1) is 0 Å². The van der Waals surface area contributed by atoms with E-state index in [0.29, 0.717) is 17.5 Å². The molecule has 0 amide bonds. The molecule has 0 aliphatic heterocycles. The quantitative estimate of drug-likeness (QED) is 0.856. The Hall–Kier alpha value is -0.860. The van der Waals surface area contributed by atoms with Gasteiger partial charge in [0.2, 0.25) is 0 Å². The number of benzene rings is 1. The van der Waals surface area contributed by atoms with Gasteiger partial charge >= 0.3 is 0 Å². The van der Waals surface area contributed by atoms with Gasteiger partial charge in [0, 0.05) is 18.6 Å². The Morgan fingerprint density at radius 1 is 1.24 bits per heavy atom. The molecule has 118 valence electrons. The highest BCUT2D eigenvalue weighted by Gasteiger charge is 2.35. The first kappa shape index (κ1) is 16.5. The number of hydrogen-bond donors (Lipinski definition) is 1. The van der Waals surface area contributed by atoms with Gasteiger partial charge in [-0.05, 0) is 63.2 Å². The zero-order valence-electron chi connectivity index (χ0n) is 14.6. The van der Waals surface area contributed by atoms with Gasteiger partial charge in [-0.2, -0.15) is 0 Å². The third-order valence-corrected chi connectivity index (χ3v) is 5.15. The van der Waals surface area contributed by atoms with Crippen molar-refractivity contribution in [3.8, 4) is 0 Å². The smallest absolute Gasteiger partial charge is 0.0105 e. The van der Waals surface area contributed by atoms with Crippen molar-refractivity contribution in [3.05, 3.63) is 35.4 Å². The molecule has 0 radical (unpaired) electrons. The SMILES string of the molecule is Cc1ccccc1C1CC(N[C@H](C)C(C)(C)CN(C)C)C1. The molecule has 1 aromatic carbocycles. The molecule has 1 fully saturated rings. The Morgan fingerprint density at radius 3 is 2.43 bits per heavy atom. The van der Waals surface area contributed by atoms with Crippen LogP contribution in [-0.2, 0) is 0 Å². The van der Waals surface area contributed by atoms with Crippen molar-refractivity contribution in [1.82, 2.24) is 10.2 Å². The summed E-state index contributed by atoms with van der Waals surface area (Å²) in [5, 5.41) is 3.85. The van der Waals surface area contributed by atoms with Crippen molar-refractivity contribution in [2.75, 3.05) is 20.6 Å². The van der Waals surface area contributed by atoms with Crippen LogP contribution in [0.5, 0.6) is 0 Å². The van der Waals surface area contributed by atoms with E-state index in [9.17, 15) is 0 Å². The van der Waals surface area contributed by atoms with E-state index >= 15 is 0 Å². The van der Waals surface area contributed by atoms with Crippen LogP contribution < -0.4 is 5.32 Å². The molecular formula is C19H32N2. The summed E-state index contributed by atoms with van der Waals surface area (Å²) in [6.07, 6.45) is 2.57. The minimum Gasteiger partial charge on any atom is -0.311 e. The summed E-state index contributed by atoms with van der Waals surface area (Å²) < 4.78 is 0. The Bertz CT molecular complexity index is 458. The van der Waals surface area contributed by atoms with Crippen molar-refractivity contribution in [1.29, 1.82) is 0 Å². The van der Waals surface area contributed by atoms with Crippen LogP contribution in [0.4, 0.5) is 0 Å². The van der Waals surface area contributed by atoms with E-state index in [-0.39, 0.29) is 0 Å². The Morgan fingerprint density at radius 2 is 1.86 bits per heavy atom. The first-order valence-corrected chi connectivity index (χ1v) is 8.26. The first-order valence-electron chi connectivity index (χ1n) is 8.26. The van der Waals surface area contributed by atoms with Crippen LogP contribution in [0.2, 0.25) is 0 Å². The summed E-state index contributed by atoms with van der Waals surface area (Å²) in [6, 6.07) is 10.1. The molecule has 2 heteroatoms. The Balaban J connectivity index is 1.84. The van der Waals surface area contributed by atoms with Gasteiger partial charge < -0.3 is 10.2 Å². The van der Waals surface area contributed by atoms with E-state index < -0.39 is 0 Å². The second kappa shape index (κ2) is 6.50. The molecule has 0 heterocycles. The number of nitrogens with one attached hydrogen (secondary N) is 1. The summed E-state index contributed by atoms with van der Waals surface area (Å²) in [6.45, 7) is 10.4. The second-order valence-electron chi connectivity index (χ2n) is 7.84. The molecular weight excluding hydrogens is 256 g/mol. The molecule has 1 aliphatic rings. The maximum absolute atomic E-state index is 3.85. The number of aryl methyl sites for hydroxylation is 1. The van der Waals surface area contributed by atoms with Crippen LogP contribution >= 0.6 is 0 Å². The zero-order chi connectivity index (χ0) is 15.6. The van der Waals surface area contributed by atoms with Gasteiger partial charge in [-0.25, -0.2) is 0 Å². The molecule has 0 unspecified atom stereocenters. The summed E-state index contributed by atoms with van der Waals surface area (Å²) in [7, 11) is 4.32. The van der Waals surface area contributed by atoms with Gasteiger partial charge in [0.25, 0.3) is 0 Å². The lowest BCUT2D eigenvalue weighted by Gasteiger charge is -2.43. The normalized spacial score (nSPS) is 24.0. The molecule has 1 saturated carbocycles. The van der Waals surface area contributed by atoms with Gasteiger partial charge in [0.1, 0.15) is 0 Å². The van der Waals surface area contributed by atoms with E-state index in [1.807, 2.05) is 0 Å². The van der Waals surface area contributed by atoms with Gasteiger partial charge in [-0.1, -0.05) is 38.1 Å². The maximum atomic E-state index is 3.85. The summed E-state index contributed by atoms with van der Waals surface area (Å²) in [5.41, 5.74) is 3.30. The van der Waals surface area contributed by atoms with Crippen molar-refractivity contribution in [2.45, 2.75) is 58.5 Å². The van der Waals surface area contributed by atoms with Crippen molar-refractivity contribution in [2.24, 2.45) is 5.41 Å². The predicted molar refractivity (Wildman–Crippen MR) is 91.9 cm³/mol. The minimum absolute atomic E-state index is 0.303. The lowest BCUT2D eigenvalue weighted by atomic mass is 9.73. The summed E-state index contributed by atoms with van der Waals surface area (Å²) in [5.74, 6) is 0.757. The molecule has 0 aromatic heterocycles. The van der Waals surface area contributed by atoms with Crippen molar-refractivity contribution in [3.63, 3.8) is 0 Å². The molecule has 0 saturated heterocycles. The fourth-order valence-electron chi connectivity index (χ4n) is 3.58. The van der Waals surface area contributed by atoms with Crippen LogP contribution in [0, 0.1) is 12.3 Å². The van der Waals surface area contributed by atoms with E-state index in [0.717, 1.165) is 12.5 Å². The molecule has 21 heavy (non-hydrogen) atoms. The first-order chi connectivity index (χ1) is 9.79. The lowest BCUT2D eigenvalue weighted by Crippen LogP contribution is -2.52. The lowest BCUT2D eigenvalue weighted by molar-refractivity contribution is 0.151. The molecule has 0 spiro atoms. The summed E-state index contributed by atoms with van der Waals surface area (Å²) >= 11 is 0. The molecule has 1 atom stereocenters. The monoisotopic (exact) mass is 288 g/mol. The van der Waals surface area contributed by atoms with E-state index in [1.165, 1.54) is 18.4 Å². The predicted octanol–water partition coefficient (Wildman–Crippen LogP) is 3.81. The highest BCUT2D eigenvalue weighted by atomic mass is 15.1. The largest absolute Gasteiger partial charge is 0.311 e. The molecule has 2 rings (SSSR count). The van der Waals surface area contributed by atoms with Crippen LogP contribution in [-0.4, -0.2) is 37.6 Å². The number of hydrogen-bond acceptors (Lipinski definition) is 2. The average molecular weight is 288 g/mol. The fraction of sp³-hybridized carbons (Fsp3) is 0.684. The van der Waals surface area contributed by atoms with E-state index in [1.54, 1.807) is 5.56 Å². The van der Waals surface area contributed by atoms with Crippen LogP contribution in [0.3, 0.4) is 0 Å². The zero-order valence-corrected chi connectivity index (χ0v) is 14.6. The Kier molecular flexibility index (Phi) is 5.11. The third-order valence-electron chi connectivity index (χ3n) is 5.15. The highest BCUT2D eigenvalue weighted by Crippen LogP contribution is 2.39. The van der Waals surface area contributed by atoms with Crippen molar-refractivity contribution < 1.29 is 0 Å². The van der Waals surface area contributed by atoms with Gasteiger partial charge in [0.05, 0.1) is 0 Å². The van der Waals surface area contributed by atoms with E-state index in [2.05, 4.69) is 76.3 Å². The molecule has 1 aliphatic carbocycles. The van der Waals surface area contributed by atoms with Crippen LogP contribution in [0.25, 0.3) is 0 Å². The third kappa shape index (κ3) is 4.08. The van der Waals surface area contributed by atoms with Crippen LogP contribution in [0.15, 0.2) is 24.3 Å². The maximum Gasteiger partial charge on any atom is 0.0105 e. The molecule has 0 bridgehead atoms. The van der Waals surface area contributed by atoms with E-state index in [4.69, 9.17) is 0 Å². The topological polar surface area (TPSA) is 15.3 Å². The van der Waals surface area contributed by atoms with Gasteiger partial charge in [-0.3, -0.25) is 0 Å². The standard InChI is InChI=1S/C19H32N2/c1-14-9-7-8-10-18(14)16-11-17(12-16)20-15(2)19(3,4)13-21(5)6/h7-10,15-17,20H,11-13H2,1-6H3/t15-,16?,17?/m1/s1. The second-order valence-corrected chi connectivity index (χ2v) is 7.84. The van der Waals surface area contributed by atoms with Crippen molar-refractivity contribution >= 4 is 0 Å². The highest BCUT2D eigenvalue weighted by molar-refractivity contribution is 5.31. The van der Waals surface area contributed by atoms with Gasteiger partial charge in [0.15, 0.2) is 0 Å². The molecule has 2 nitrogen and oxygen atoms in total. The number of rotatable bonds is 6. The fourth-order valence-corrected chi connectivity index (χ4v) is 3.58. The Labute approximate surface area is 130 Å². The average Bonchev–Trinajstić information content (AvgIpc) is 2.32. The molecule has 1 aromatic rings.